The first-order chi connectivity index (χ1) is 12.7. The van der Waals surface area contributed by atoms with E-state index < -0.39 is 0 Å². The third-order valence-electron chi connectivity index (χ3n) is 4.54. The Morgan fingerprint density at radius 3 is 2.23 bits per heavy atom. The van der Waals surface area contributed by atoms with E-state index in [2.05, 4.69) is 6.92 Å². The molecule has 1 saturated carbocycles. The van der Waals surface area contributed by atoms with Crippen molar-refractivity contribution in [3.05, 3.63) is 18.2 Å². The predicted molar refractivity (Wildman–Crippen MR) is 104 cm³/mol. The molecule has 26 heavy (non-hydrogen) atoms. The molecule has 0 aromatic heterocycles. The maximum absolute atomic E-state index is 6.01. The van der Waals surface area contributed by atoms with E-state index in [0.717, 1.165) is 50.9 Å². The minimum absolute atomic E-state index is 0.192. The van der Waals surface area contributed by atoms with Gasteiger partial charge >= 0.3 is 0 Å². The molecule has 6 nitrogen and oxygen atoms in total. The highest BCUT2D eigenvalue weighted by Gasteiger charge is 2.23. The molecule has 1 aliphatic rings. The van der Waals surface area contributed by atoms with Gasteiger partial charge in [0, 0.05) is 12.3 Å². The van der Waals surface area contributed by atoms with Gasteiger partial charge < -0.3 is 30.4 Å². The number of anilines is 2. The molecule has 0 radical (unpaired) electrons. The van der Waals surface area contributed by atoms with Crippen LogP contribution in [0.2, 0.25) is 0 Å². The van der Waals surface area contributed by atoms with E-state index in [0.29, 0.717) is 43.9 Å². The van der Waals surface area contributed by atoms with Gasteiger partial charge in [-0.05, 0) is 50.3 Å². The summed E-state index contributed by atoms with van der Waals surface area (Å²) in [6, 6.07) is 5.39. The van der Waals surface area contributed by atoms with Crippen molar-refractivity contribution < 1.29 is 18.9 Å². The second-order valence-corrected chi connectivity index (χ2v) is 6.76. The van der Waals surface area contributed by atoms with Gasteiger partial charge in [0.2, 0.25) is 0 Å². The standard InChI is InChI=1S/C20H34N2O4/c1-2-3-10-23-11-12-24-13-14-25-17-5-7-18(8-6-17)26-20-9-4-16(21)15-19(20)22/h4,9,15,17-18H,2-3,5-8,10-14,21-22H2,1H3. The van der Waals surface area contributed by atoms with Crippen LogP contribution in [0.1, 0.15) is 45.4 Å². The van der Waals surface area contributed by atoms with Crippen molar-refractivity contribution in [1.29, 1.82) is 0 Å². The number of hydrogen-bond acceptors (Lipinski definition) is 6. The average molecular weight is 367 g/mol. The van der Waals surface area contributed by atoms with Crippen LogP contribution in [0.25, 0.3) is 0 Å². The van der Waals surface area contributed by atoms with E-state index in [1.54, 1.807) is 6.07 Å². The Kier molecular flexibility index (Phi) is 9.60. The smallest absolute Gasteiger partial charge is 0.142 e. The fourth-order valence-corrected chi connectivity index (χ4v) is 3.01. The third-order valence-corrected chi connectivity index (χ3v) is 4.54. The lowest BCUT2D eigenvalue weighted by atomic mass is 9.95. The van der Waals surface area contributed by atoms with E-state index in [9.17, 15) is 0 Å². The largest absolute Gasteiger partial charge is 0.488 e. The Balaban J connectivity index is 1.51. The zero-order chi connectivity index (χ0) is 18.6. The van der Waals surface area contributed by atoms with Gasteiger partial charge in [-0.25, -0.2) is 0 Å². The highest BCUT2D eigenvalue weighted by molar-refractivity contribution is 5.60. The van der Waals surface area contributed by atoms with Gasteiger partial charge in [-0.3, -0.25) is 0 Å². The van der Waals surface area contributed by atoms with Crippen LogP contribution < -0.4 is 16.2 Å². The summed E-state index contributed by atoms with van der Waals surface area (Å²) in [5.41, 5.74) is 12.9. The first-order valence-electron chi connectivity index (χ1n) is 9.77. The van der Waals surface area contributed by atoms with E-state index in [-0.39, 0.29) is 6.10 Å². The van der Waals surface area contributed by atoms with Crippen molar-refractivity contribution in [1.82, 2.24) is 0 Å². The minimum Gasteiger partial charge on any atom is -0.488 e. The van der Waals surface area contributed by atoms with E-state index in [1.807, 2.05) is 12.1 Å². The summed E-state index contributed by atoms with van der Waals surface area (Å²) in [7, 11) is 0. The summed E-state index contributed by atoms with van der Waals surface area (Å²) in [5, 5.41) is 0. The number of unbranched alkanes of at least 4 members (excludes halogenated alkanes) is 1. The molecule has 0 atom stereocenters. The summed E-state index contributed by atoms with van der Waals surface area (Å²) in [4.78, 5) is 0. The highest BCUT2D eigenvalue weighted by atomic mass is 16.5. The number of benzene rings is 1. The molecule has 1 aromatic rings. The van der Waals surface area contributed by atoms with Gasteiger partial charge in [0.25, 0.3) is 0 Å². The van der Waals surface area contributed by atoms with Crippen molar-refractivity contribution >= 4 is 11.4 Å². The molecule has 0 unspecified atom stereocenters. The summed E-state index contributed by atoms with van der Waals surface area (Å²) in [6.07, 6.45) is 6.70. The van der Waals surface area contributed by atoms with Crippen LogP contribution in [-0.4, -0.2) is 45.2 Å². The normalized spacial score (nSPS) is 20.2. The Labute approximate surface area is 157 Å². The molecule has 148 valence electrons. The van der Waals surface area contributed by atoms with Crippen molar-refractivity contribution in [2.24, 2.45) is 0 Å². The van der Waals surface area contributed by atoms with Crippen LogP contribution in [0.4, 0.5) is 11.4 Å². The fourth-order valence-electron chi connectivity index (χ4n) is 3.01. The minimum atomic E-state index is 0.192. The molecule has 1 fully saturated rings. The van der Waals surface area contributed by atoms with Gasteiger partial charge in [0.05, 0.1) is 44.3 Å². The molecule has 0 spiro atoms. The van der Waals surface area contributed by atoms with Crippen LogP contribution in [0, 0.1) is 0 Å². The number of nitrogens with two attached hydrogens (primary N) is 2. The zero-order valence-corrected chi connectivity index (χ0v) is 16.0. The summed E-state index contributed by atoms with van der Waals surface area (Å²) < 4.78 is 22.9. The maximum Gasteiger partial charge on any atom is 0.142 e. The molecule has 0 saturated heterocycles. The second-order valence-electron chi connectivity index (χ2n) is 6.76. The van der Waals surface area contributed by atoms with Crippen LogP contribution in [-0.2, 0) is 14.2 Å². The third kappa shape index (κ3) is 7.81. The molecule has 1 aromatic carbocycles. The number of ether oxygens (including phenoxy) is 4. The molecule has 2 rings (SSSR count). The van der Waals surface area contributed by atoms with E-state index in [4.69, 9.17) is 30.4 Å². The van der Waals surface area contributed by atoms with Crippen LogP contribution in [0.15, 0.2) is 18.2 Å². The molecule has 0 aliphatic heterocycles. The van der Waals surface area contributed by atoms with Crippen molar-refractivity contribution in [3.8, 4) is 5.75 Å². The Morgan fingerprint density at radius 1 is 0.885 bits per heavy atom. The summed E-state index contributed by atoms with van der Waals surface area (Å²) in [6.45, 7) is 5.53. The monoisotopic (exact) mass is 366 g/mol. The number of hydrogen-bond donors (Lipinski definition) is 2. The first-order valence-corrected chi connectivity index (χ1v) is 9.77. The van der Waals surface area contributed by atoms with Crippen LogP contribution >= 0.6 is 0 Å². The van der Waals surface area contributed by atoms with E-state index in [1.165, 1.54) is 0 Å². The van der Waals surface area contributed by atoms with Gasteiger partial charge in [-0.2, -0.15) is 0 Å². The predicted octanol–water partition coefficient (Wildman–Crippen LogP) is 3.39. The molecule has 4 N–H and O–H groups in total. The van der Waals surface area contributed by atoms with E-state index >= 15 is 0 Å². The molecule has 0 heterocycles. The molecule has 0 bridgehead atoms. The second kappa shape index (κ2) is 12.0. The van der Waals surface area contributed by atoms with Crippen molar-refractivity contribution in [3.63, 3.8) is 0 Å². The van der Waals surface area contributed by atoms with Crippen molar-refractivity contribution in [2.75, 3.05) is 44.5 Å². The Hall–Kier alpha value is -1.50. The number of rotatable bonds is 12. The summed E-state index contributed by atoms with van der Waals surface area (Å²) in [5.74, 6) is 0.720. The molecule has 0 amide bonds. The lowest BCUT2D eigenvalue weighted by molar-refractivity contribution is -0.0329. The van der Waals surface area contributed by atoms with Gasteiger partial charge in [-0.1, -0.05) is 13.3 Å². The highest BCUT2D eigenvalue weighted by Crippen LogP contribution is 2.29. The Bertz CT molecular complexity index is 505. The SMILES string of the molecule is CCCCOCCOCCOC1CCC(Oc2ccc(N)cc2N)CC1. The molecule has 6 heteroatoms. The number of nitrogen functional groups attached to an aromatic ring is 2. The van der Waals surface area contributed by atoms with Crippen LogP contribution in [0.3, 0.4) is 0 Å². The average Bonchev–Trinajstić information content (AvgIpc) is 2.64. The zero-order valence-electron chi connectivity index (χ0n) is 16.0. The first kappa shape index (κ1) is 20.8. The van der Waals surface area contributed by atoms with Gasteiger partial charge in [-0.15, -0.1) is 0 Å². The molecular weight excluding hydrogens is 332 g/mol. The van der Waals surface area contributed by atoms with Gasteiger partial charge in [0.15, 0.2) is 0 Å². The maximum atomic E-state index is 6.01. The molecule has 1 aliphatic carbocycles. The lowest BCUT2D eigenvalue weighted by Gasteiger charge is -2.29. The fraction of sp³-hybridized carbons (Fsp3) is 0.700. The summed E-state index contributed by atoms with van der Waals surface area (Å²) >= 11 is 0. The quantitative estimate of drug-likeness (QED) is 0.435. The topological polar surface area (TPSA) is 89.0 Å². The lowest BCUT2D eigenvalue weighted by Crippen LogP contribution is -2.29. The molecular formula is C20H34N2O4. The van der Waals surface area contributed by atoms with Gasteiger partial charge in [0.1, 0.15) is 5.75 Å². The Morgan fingerprint density at radius 2 is 1.54 bits per heavy atom. The van der Waals surface area contributed by atoms with Crippen LogP contribution in [0.5, 0.6) is 5.75 Å². The van der Waals surface area contributed by atoms with Crippen molar-refractivity contribution in [2.45, 2.75) is 57.7 Å².